The highest BCUT2D eigenvalue weighted by Gasteiger charge is 2.29. The van der Waals surface area contributed by atoms with Gasteiger partial charge in [-0.25, -0.2) is 13.4 Å². The van der Waals surface area contributed by atoms with E-state index >= 15 is 0 Å². The molecule has 8 nitrogen and oxygen atoms in total. The van der Waals surface area contributed by atoms with Crippen molar-refractivity contribution in [2.24, 2.45) is 0 Å². The summed E-state index contributed by atoms with van der Waals surface area (Å²) in [6.45, 7) is 5.82. The molecule has 0 spiro atoms. The molecule has 1 N–H and O–H groups in total. The van der Waals surface area contributed by atoms with Gasteiger partial charge >= 0.3 is 0 Å². The number of ether oxygens (including phenoxy) is 1. The highest BCUT2D eigenvalue weighted by molar-refractivity contribution is 7.88. The zero-order valence-electron chi connectivity index (χ0n) is 18.1. The lowest BCUT2D eigenvalue weighted by molar-refractivity contribution is 0.198. The highest BCUT2D eigenvalue weighted by Crippen LogP contribution is 2.28. The van der Waals surface area contributed by atoms with Crippen molar-refractivity contribution in [2.75, 3.05) is 32.5 Å². The van der Waals surface area contributed by atoms with Crippen LogP contribution in [-0.2, 0) is 29.5 Å². The predicted molar refractivity (Wildman–Crippen MR) is 119 cm³/mol. The summed E-state index contributed by atoms with van der Waals surface area (Å²) in [6, 6.07) is 8.16. The molecule has 0 amide bonds. The molecule has 4 rings (SSSR count). The molecule has 0 radical (unpaired) electrons. The van der Waals surface area contributed by atoms with E-state index in [1.165, 1.54) is 16.1 Å². The number of hydrogen-bond donors (Lipinski definition) is 1. The molecule has 0 saturated carbocycles. The fourth-order valence-corrected chi connectivity index (χ4v) is 5.22. The van der Waals surface area contributed by atoms with Gasteiger partial charge in [0, 0.05) is 37.5 Å². The van der Waals surface area contributed by atoms with Gasteiger partial charge in [-0.2, -0.15) is 4.31 Å². The Morgan fingerprint density at radius 1 is 1.19 bits per heavy atom. The maximum Gasteiger partial charge on any atom is 0.255 e. The van der Waals surface area contributed by atoms with Crippen LogP contribution in [-0.4, -0.2) is 60.1 Å². The summed E-state index contributed by atoms with van der Waals surface area (Å²) in [7, 11) is -3.32. The van der Waals surface area contributed by atoms with E-state index in [2.05, 4.69) is 16.0 Å². The van der Waals surface area contributed by atoms with E-state index < -0.39 is 10.0 Å². The molecule has 1 aromatic heterocycles. The number of piperidine rings is 1. The first-order chi connectivity index (χ1) is 14.8. The van der Waals surface area contributed by atoms with Crippen LogP contribution in [0.3, 0.4) is 0 Å². The van der Waals surface area contributed by atoms with Gasteiger partial charge in [-0.3, -0.25) is 9.69 Å². The lowest BCUT2D eigenvalue weighted by Crippen LogP contribution is -2.40. The van der Waals surface area contributed by atoms with Gasteiger partial charge in [-0.05, 0) is 38.9 Å². The Balaban J connectivity index is 1.42. The Bertz CT molecular complexity index is 1090. The van der Waals surface area contributed by atoms with E-state index in [-0.39, 0.29) is 18.0 Å². The molecule has 1 fully saturated rings. The molecule has 2 aliphatic heterocycles. The molecular formula is C22H30N4O4S. The summed E-state index contributed by atoms with van der Waals surface area (Å²) in [5, 5.41) is 0. The fourth-order valence-electron chi connectivity index (χ4n) is 4.43. The van der Waals surface area contributed by atoms with Crippen LogP contribution in [0.5, 0.6) is 5.75 Å². The topological polar surface area (TPSA) is 95.6 Å². The van der Waals surface area contributed by atoms with E-state index in [1.807, 2.05) is 25.1 Å². The van der Waals surface area contributed by atoms with Crippen LogP contribution in [0.1, 0.15) is 48.3 Å². The average Bonchev–Trinajstić information content (AvgIpc) is 2.75. The van der Waals surface area contributed by atoms with Crippen molar-refractivity contribution in [1.29, 1.82) is 0 Å². The molecule has 2 aromatic rings. The molecule has 2 aliphatic rings. The molecule has 0 bridgehead atoms. The first kappa shape index (κ1) is 22.0. The van der Waals surface area contributed by atoms with Crippen LogP contribution in [0.2, 0.25) is 0 Å². The molecule has 0 unspecified atom stereocenters. The van der Waals surface area contributed by atoms with Crippen molar-refractivity contribution >= 4 is 10.0 Å². The Kier molecular flexibility index (Phi) is 6.45. The maximum absolute atomic E-state index is 12.7. The number of H-pyrrole nitrogens is 1. The number of aromatic nitrogens is 2. The molecule has 0 atom stereocenters. The van der Waals surface area contributed by atoms with E-state index in [1.54, 1.807) is 0 Å². The molecule has 1 saturated heterocycles. The number of sulfonamides is 1. The zero-order valence-corrected chi connectivity index (χ0v) is 19.0. The Morgan fingerprint density at radius 2 is 1.94 bits per heavy atom. The summed E-state index contributed by atoms with van der Waals surface area (Å²) in [6.07, 6.45) is 3.50. The van der Waals surface area contributed by atoms with E-state index in [4.69, 9.17) is 9.72 Å². The number of nitrogens with zero attached hydrogens (tertiary/aromatic N) is 3. The standard InChI is InChI=1S/C22H30N4O4S/c1-3-30-20-7-5-4-6-17(20)14-25-11-8-16(9-12-25)21-23-19-10-13-26(31(2,28)29)15-18(19)22(27)24-21/h4-7,16H,3,8-15H2,1-2H3,(H,23,24,27). The number of rotatable bonds is 6. The highest BCUT2D eigenvalue weighted by atomic mass is 32.2. The average molecular weight is 447 g/mol. The van der Waals surface area contributed by atoms with Crippen molar-refractivity contribution in [2.45, 2.75) is 45.2 Å². The number of likely N-dealkylation sites (tertiary alicyclic amines) is 1. The third kappa shape index (κ3) is 4.99. The van der Waals surface area contributed by atoms with Crippen molar-refractivity contribution in [3.05, 3.63) is 57.3 Å². The summed E-state index contributed by atoms with van der Waals surface area (Å²) in [5.74, 6) is 1.89. The molecule has 168 valence electrons. The Morgan fingerprint density at radius 3 is 2.65 bits per heavy atom. The smallest absolute Gasteiger partial charge is 0.255 e. The lowest BCUT2D eigenvalue weighted by Gasteiger charge is -2.32. The van der Waals surface area contributed by atoms with Gasteiger partial charge in [0.2, 0.25) is 10.0 Å². The lowest BCUT2D eigenvalue weighted by atomic mass is 9.95. The second kappa shape index (κ2) is 9.10. The Hall–Kier alpha value is -2.23. The number of benzene rings is 1. The van der Waals surface area contributed by atoms with Crippen LogP contribution >= 0.6 is 0 Å². The summed E-state index contributed by atoms with van der Waals surface area (Å²) in [4.78, 5) is 22.8. The monoisotopic (exact) mass is 446 g/mol. The summed E-state index contributed by atoms with van der Waals surface area (Å²) in [5.41, 5.74) is 2.21. The van der Waals surface area contributed by atoms with Crippen LogP contribution in [0.25, 0.3) is 0 Å². The molecule has 31 heavy (non-hydrogen) atoms. The summed E-state index contributed by atoms with van der Waals surface area (Å²) >= 11 is 0. The quantitative estimate of drug-likeness (QED) is 0.728. The second-order valence-corrected chi connectivity index (χ2v) is 10.3. The van der Waals surface area contributed by atoms with Crippen molar-refractivity contribution in [3.63, 3.8) is 0 Å². The van der Waals surface area contributed by atoms with Gasteiger partial charge in [0.05, 0.1) is 24.1 Å². The van der Waals surface area contributed by atoms with Gasteiger partial charge in [0.1, 0.15) is 11.6 Å². The minimum atomic E-state index is -3.32. The van der Waals surface area contributed by atoms with E-state index in [0.29, 0.717) is 25.1 Å². The van der Waals surface area contributed by atoms with Crippen LogP contribution in [0.15, 0.2) is 29.1 Å². The van der Waals surface area contributed by atoms with Crippen LogP contribution in [0.4, 0.5) is 0 Å². The third-order valence-electron chi connectivity index (χ3n) is 6.16. The second-order valence-electron chi connectivity index (χ2n) is 8.31. The van der Waals surface area contributed by atoms with E-state index in [0.717, 1.165) is 49.7 Å². The number of para-hydroxylation sites is 1. The van der Waals surface area contributed by atoms with Crippen molar-refractivity contribution in [1.82, 2.24) is 19.2 Å². The first-order valence-corrected chi connectivity index (χ1v) is 12.7. The minimum Gasteiger partial charge on any atom is -0.494 e. The van der Waals surface area contributed by atoms with Crippen LogP contribution in [0, 0.1) is 0 Å². The normalized spacial score (nSPS) is 18.6. The van der Waals surface area contributed by atoms with Crippen molar-refractivity contribution < 1.29 is 13.2 Å². The third-order valence-corrected chi connectivity index (χ3v) is 7.41. The number of fused-ring (bicyclic) bond motifs is 1. The first-order valence-electron chi connectivity index (χ1n) is 10.8. The zero-order chi connectivity index (χ0) is 22.0. The molecule has 9 heteroatoms. The molecule has 1 aromatic carbocycles. The fraction of sp³-hybridized carbons (Fsp3) is 0.545. The molecule has 3 heterocycles. The van der Waals surface area contributed by atoms with Gasteiger partial charge < -0.3 is 9.72 Å². The number of nitrogens with one attached hydrogen (secondary N) is 1. The van der Waals surface area contributed by atoms with Gasteiger partial charge in [-0.1, -0.05) is 18.2 Å². The Labute approximate surface area is 183 Å². The summed E-state index contributed by atoms with van der Waals surface area (Å²) < 4.78 is 30.7. The SMILES string of the molecule is CCOc1ccccc1CN1CCC(c2nc3c(c(=O)[nH]2)CN(S(C)(=O)=O)CC3)CC1. The number of hydrogen-bond acceptors (Lipinski definition) is 6. The van der Waals surface area contributed by atoms with Gasteiger partial charge in [0.25, 0.3) is 5.56 Å². The minimum absolute atomic E-state index is 0.106. The maximum atomic E-state index is 12.7. The predicted octanol–water partition coefficient (Wildman–Crippen LogP) is 1.87. The molecule has 0 aliphatic carbocycles. The van der Waals surface area contributed by atoms with Crippen LogP contribution < -0.4 is 10.3 Å². The van der Waals surface area contributed by atoms with E-state index in [9.17, 15) is 13.2 Å². The van der Waals surface area contributed by atoms with Gasteiger partial charge in [-0.15, -0.1) is 0 Å². The molecular weight excluding hydrogens is 416 g/mol. The number of aromatic amines is 1. The van der Waals surface area contributed by atoms with Crippen molar-refractivity contribution in [3.8, 4) is 5.75 Å². The largest absolute Gasteiger partial charge is 0.494 e. The van der Waals surface area contributed by atoms with Gasteiger partial charge in [0.15, 0.2) is 0 Å².